The van der Waals surface area contributed by atoms with Gasteiger partial charge in [0.05, 0.1) is 22.0 Å². The number of hydrogen-bond donors (Lipinski definition) is 0. The highest BCUT2D eigenvalue weighted by molar-refractivity contribution is 6.06. The molecule has 0 aliphatic carbocycles. The number of carbonyl (C=O) groups excluding carboxylic acids is 2. The Labute approximate surface area is 188 Å². The van der Waals surface area contributed by atoms with E-state index >= 15 is 0 Å². The highest BCUT2D eigenvalue weighted by Crippen LogP contribution is 2.23. The second-order valence-corrected chi connectivity index (χ2v) is 6.99. The minimum atomic E-state index is -0.613. The van der Waals surface area contributed by atoms with Crippen molar-refractivity contribution in [2.24, 2.45) is 0 Å². The van der Waals surface area contributed by atoms with Gasteiger partial charge < -0.3 is 9.64 Å². The summed E-state index contributed by atoms with van der Waals surface area (Å²) < 4.78 is 5.27. The van der Waals surface area contributed by atoms with Gasteiger partial charge in [-0.05, 0) is 35.9 Å². The van der Waals surface area contributed by atoms with Crippen LogP contribution in [-0.2, 0) is 11.2 Å². The highest BCUT2D eigenvalue weighted by atomic mass is 16.6. The molecule has 0 heterocycles. The van der Waals surface area contributed by atoms with Crippen molar-refractivity contribution < 1.29 is 24.2 Å². The quantitative estimate of drug-likeness (QED) is 0.286. The smallest absolute Gasteiger partial charge is 0.338 e. The Balaban J connectivity index is 1.65. The van der Waals surface area contributed by atoms with Crippen molar-refractivity contribution in [1.29, 1.82) is 0 Å². The van der Waals surface area contributed by atoms with E-state index in [1.54, 1.807) is 31.3 Å². The molecule has 33 heavy (non-hydrogen) atoms. The Kier molecular flexibility index (Phi) is 7.09. The predicted octanol–water partition coefficient (Wildman–Crippen LogP) is 4.18. The van der Waals surface area contributed by atoms with Crippen LogP contribution in [0.25, 0.3) is 0 Å². The van der Waals surface area contributed by atoms with E-state index in [4.69, 9.17) is 4.74 Å². The number of amides is 1. The Hall–Kier alpha value is -4.60. The molecule has 0 radical (unpaired) electrons. The fourth-order valence-corrected chi connectivity index (χ4v) is 3.13. The van der Waals surface area contributed by atoms with Crippen LogP contribution in [0, 0.1) is 20.2 Å². The van der Waals surface area contributed by atoms with Crippen molar-refractivity contribution >= 4 is 28.9 Å². The van der Waals surface area contributed by atoms with Crippen LogP contribution < -0.4 is 4.90 Å². The van der Waals surface area contributed by atoms with Crippen LogP contribution in [0.4, 0.5) is 17.1 Å². The maximum absolute atomic E-state index is 12.8. The van der Waals surface area contributed by atoms with Crippen LogP contribution in [0.15, 0.2) is 72.8 Å². The molecule has 0 N–H and O–H groups in total. The summed E-state index contributed by atoms with van der Waals surface area (Å²) in [5.41, 5.74) is 1.62. The summed E-state index contributed by atoms with van der Waals surface area (Å²) in [7, 11) is 1.59. The van der Waals surface area contributed by atoms with Gasteiger partial charge in [-0.1, -0.05) is 18.2 Å². The largest absolute Gasteiger partial charge is 0.462 e. The van der Waals surface area contributed by atoms with E-state index in [0.29, 0.717) is 17.7 Å². The third kappa shape index (κ3) is 5.56. The van der Waals surface area contributed by atoms with E-state index in [0.717, 1.165) is 5.56 Å². The maximum Gasteiger partial charge on any atom is 0.338 e. The zero-order valence-corrected chi connectivity index (χ0v) is 17.5. The van der Waals surface area contributed by atoms with Gasteiger partial charge in [-0.2, -0.15) is 0 Å². The van der Waals surface area contributed by atoms with Crippen LogP contribution in [0.5, 0.6) is 0 Å². The maximum atomic E-state index is 12.8. The fourth-order valence-electron chi connectivity index (χ4n) is 3.13. The minimum absolute atomic E-state index is 0.0341. The topological polar surface area (TPSA) is 133 Å². The molecule has 3 rings (SSSR count). The number of anilines is 1. The summed E-state index contributed by atoms with van der Waals surface area (Å²) in [6.07, 6.45) is 0.326. The van der Waals surface area contributed by atoms with Crippen molar-refractivity contribution in [3.8, 4) is 0 Å². The molecular formula is C23H19N3O7. The zero-order chi connectivity index (χ0) is 24.0. The van der Waals surface area contributed by atoms with E-state index in [1.807, 2.05) is 0 Å². The number of nitro groups is 2. The van der Waals surface area contributed by atoms with Crippen LogP contribution in [0.2, 0.25) is 0 Å². The van der Waals surface area contributed by atoms with Gasteiger partial charge in [0.15, 0.2) is 0 Å². The van der Waals surface area contributed by atoms with Crippen molar-refractivity contribution in [2.75, 3.05) is 18.6 Å². The number of esters is 1. The predicted molar refractivity (Wildman–Crippen MR) is 119 cm³/mol. The van der Waals surface area contributed by atoms with Gasteiger partial charge in [0.25, 0.3) is 17.3 Å². The molecule has 10 heteroatoms. The zero-order valence-electron chi connectivity index (χ0n) is 17.5. The molecule has 0 atom stereocenters. The standard InChI is InChI=1S/C23H19N3O7/c1-24(22(27)17-6-10-19(11-7-17)25(29)30)21-5-3-2-4-16(21)14-15-33-23(28)18-8-12-20(13-9-18)26(31)32/h2-13H,14-15H2,1H3. The van der Waals surface area contributed by atoms with Gasteiger partial charge in [0.2, 0.25) is 0 Å². The van der Waals surface area contributed by atoms with Gasteiger partial charge in [-0.15, -0.1) is 0 Å². The van der Waals surface area contributed by atoms with Crippen LogP contribution in [0.3, 0.4) is 0 Å². The van der Waals surface area contributed by atoms with Crippen molar-refractivity contribution in [3.63, 3.8) is 0 Å². The molecule has 0 fully saturated rings. The molecule has 0 unspecified atom stereocenters. The number of non-ortho nitro benzene ring substituents is 2. The lowest BCUT2D eigenvalue weighted by molar-refractivity contribution is -0.385. The van der Waals surface area contributed by atoms with Crippen LogP contribution in [0.1, 0.15) is 26.3 Å². The Morgan fingerprint density at radius 2 is 1.33 bits per heavy atom. The monoisotopic (exact) mass is 449 g/mol. The summed E-state index contributed by atoms with van der Waals surface area (Å²) in [6.45, 7) is 0.0341. The van der Waals surface area contributed by atoms with Crippen molar-refractivity contribution in [2.45, 2.75) is 6.42 Å². The van der Waals surface area contributed by atoms with Gasteiger partial charge in [0.1, 0.15) is 0 Å². The van der Waals surface area contributed by atoms with Crippen LogP contribution >= 0.6 is 0 Å². The number of nitro benzene ring substituents is 2. The summed E-state index contributed by atoms with van der Waals surface area (Å²) in [4.78, 5) is 46.9. The second kappa shape index (κ2) is 10.1. The average Bonchev–Trinajstić information content (AvgIpc) is 2.83. The number of para-hydroxylation sites is 1. The summed E-state index contributed by atoms with van der Waals surface area (Å²) in [5, 5.41) is 21.5. The third-order valence-corrected chi connectivity index (χ3v) is 4.90. The molecule has 0 saturated heterocycles. The molecule has 3 aromatic rings. The van der Waals surface area contributed by atoms with Crippen LogP contribution in [-0.4, -0.2) is 35.4 Å². The van der Waals surface area contributed by atoms with Crippen molar-refractivity contribution in [3.05, 3.63) is 110 Å². The molecule has 1 amide bonds. The number of ether oxygens (including phenoxy) is 1. The number of benzene rings is 3. The van der Waals surface area contributed by atoms with E-state index in [2.05, 4.69) is 0 Å². The lowest BCUT2D eigenvalue weighted by atomic mass is 10.1. The number of rotatable bonds is 8. The third-order valence-electron chi connectivity index (χ3n) is 4.90. The molecule has 168 valence electrons. The first-order chi connectivity index (χ1) is 15.8. The molecule has 0 spiro atoms. The lowest BCUT2D eigenvalue weighted by Gasteiger charge is -2.21. The Morgan fingerprint density at radius 3 is 1.88 bits per heavy atom. The molecule has 0 aliphatic rings. The first kappa shape index (κ1) is 23.1. The summed E-state index contributed by atoms with van der Waals surface area (Å²) in [5.74, 6) is -0.960. The fraction of sp³-hybridized carbons (Fsp3) is 0.130. The van der Waals surface area contributed by atoms with Gasteiger partial charge in [-0.3, -0.25) is 25.0 Å². The average molecular weight is 449 g/mol. The van der Waals surface area contributed by atoms with E-state index in [1.165, 1.54) is 53.4 Å². The molecule has 3 aromatic carbocycles. The van der Waals surface area contributed by atoms with E-state index in [9.17, 15) is 29.8 Å². The van der Waals surface area contributed by atoms with E-state index in [-0.39, 0.29) is 29.5 Å². The number of nitrogens with zero attached hydrogens (tertiary/aromatic N) is 3. The summed E-state index contributed by atoms with van der Waals surface area (Å²) >= 11 is 0. The first-order valence-corrected chi connectivity index (χ1v) is 9.80. The normalized spacial score (nSPS) is 10.3. The number of carbonyl (C=O) groups is 2. The second-order valence-electron chi connectivity index (χ2n) is 6.99. The molecule has 10 nitrogen and oxygen atoms in total. The van der Waals surface area contributed by atoms with Gasteiger partial charge in [0, 0.05) is 49.0 Å². The Morgan fingerprint density at radius 1 is 0.818 bits per heavy atom. The minimum Gasteiger partial charge on any atom is -0.462 e. The Bertz CT molecular complexity index is 1190. The SMILES string of the molecule is CN(C(=O)c1ccc([N+](=O)[O-])cc1)c1ccccc1CCOC(=O)c1ccc([N+](=O)[O-])cc1. The molecule has 0 bridgehead atoms. The molecule has 0 aliphatic heterocycles. The van der Waals surface area contributed by atoms with E-state index < -0.39 is 15.8 Å². The lowest BCUT2D eigenvalue weighted by Crippen LogP contribution is -2.27. The molecule has 0 saturated carbocycles. The number of hydrogen-bond acceptors (Lipinski definition) is 7. The molecular weight excluding hydrogens is 430 g/mol. The first-order valence-electron chi connectivity index (χ1n) is 9.80. The summed E-state index contributed by atoms with van der Waals surface area (Å²) in [6, 6.07) is 17.5. The molecule has 0 aromatic heterocycles. The highest BCUT2D eigenvalue weighted by Gasteiger charge is 2.18. The van der Waals surface area contributed by atoms with Crippen molar-refractivity contribution in [1.82, 2.24) is 0 Å². The van der Waals surface area contributed by atoms with Gasteiger partial charge >= 0.3 is 5.97 Å². The van der Waals surface area contributed by atoms with Gasteiger partial charge in [-0.25, -0.2) is 4.79 Å².